The highest BCUT2D eigenvalue weighted by Crippen LogP contribution is 2.27. The zero-order valence-corrected chi connectivity index (χ0v) is 13.1. The smallest absolute Gasteiger partial charge is 0.115 e. The van der Waals surface area contributed by atoms with Crippen molar-refractivity contribution < 1.29 is 5.11 Å². The molecular formula is C17H29NO. The molecule has 0 saturated carbocycles. The van der Waals surface area contributed by atoms with Crippen molar-refractivity contribution in [1.29, 1.82) is 0 Å². The molecule has 1 rings (SSSR count). The monoisotopic (exact) mass is 263 g/mol. The van der Waals surface area contributed by atoms with Crippen molar-refractivity contribution in [3.05, 3.63) is 29.8 Å². The lowest BCUT2D eigenvalue weighted by atomic mass is 9.99. The van der Waals surface area contributed by atoms with Gasteiger partial charge in [0.05, 0.1) is 0 Å². The number of benzene rings is 1. The lowest BCUT2D eigenvalue weighted by molar-refractivity contribution is 0.152. The number of phenols is 1. The standard InChI is InChI=1S/C17H29NO/c1-6-17(15-7-9-16(19)10-8-15)18(11-13(2)3)12-14(4)5/h7-10,13-14,17,19H,6,11-12H2,1-5H3. The van der Waals surface area contributed by atoms with Gasteiger partial charge in [-0.25, -0.2) is 0 Å². The van der Waals surface area contributed by atoms with E-state index in [9.17, 15) is 5.11 Å². The highest BCUT2D eigenvalue weighted by molar-refractivity contribution is 5.28. The van der Waals surface area contributed by atoms with Crippen LogP contribution in [0.25, 0.3) is 0 Å². The third-order valence-corrected chi connectivity index (χ3v) is 3.30. The average Bonchev–Trinajstić information content (AvgIpc) is 2.30. The van der Waals surface area contributed by atoms with Gasteiger partial charge in [-0.05, 0) is 36.0 Å². The van der Waals surface area contributed by atoms with E-state index in [4.69, 9.17) is 0 Å². The molecule has 0 saturated heterocycles. The van der Waals surface area contributed by atoms with Crippen LogP contribution in [0.4, 0.5) is 0 Å². The summed E-state index contributed by atoms with van der Waals surface area (Å²) in [6.07, 6.45) is 1.10. The first-order valence-electron chi connectivity index (χ1n) is 7.47. The summed E-state index contributed by atoms with van der Waals surface area (Å²) >= 11 is 0. The van der Waals surface area contributed by atoms with Crippen LogP contribution in [0.5, 0.6) is 5.75 Å². The van der Waals surface area contributed by atoms with Gasteiger partial charge in [-0.1, -0.05) is 46.8 Å². The first kappa shape index (κ1) is 16.0. The second kappa shape index (κ2) is 7.54. The summed E-state index contributed by atoms with van der Waals surface area (Å²) in [6.45, 7) is 13.6. The molecule has 0 radical (unpaired) electrons. The van der Waals surface area contributed by atoms with E-state index in [2.05, 4.69) is 51.7 Å². The van der Waals surface area contributed by atoms with Crippen molar-refractivity contribution in [2.45, 2.75) is 47.1 Å². The minimum Gasteiger partial charge on any atom is -0.508 e. The number of hydrogen-bond acceptors (Lipinski definition) is 2. The Morgan fingerprint density at radius 1 is 0.947 bits per heavy atom. The molecule has 0 aliphatic rings. The molecule has 0 aliphatic heterocycles. The lowest BCUT2D eigenvalue weighted by Gasteiger charge is -2.34. The summed E-state index contributed by atoms with van der Waals surface area (Å²) in [4.78, 5) is 2.59. The van der Waals surface area contributed by atoms with Crippen LogP contribution in [0, 0.1) is 11.8 Å². The van der Waals surface area contributed by atoms with Crippen molar-refractivity contribution in [1.82, 2.24) is 4.90 Å². The van der Waals surface area contributed by atoms with Crippen LogP contribution in [0.1, 0.15) is 52.6 Å². The molecule has 0 aromatic heterocycles. The van der Waals surface area contributed by atoms with Gasteiger partial charge in [0.25, 0.3) is 0 Å². The summed E-state index contributed by atoms with van der Waals surface area (Å²) in [7, 11) is 0. The predicted molar refractivity (Wildman–Crippen MR) is 82.4 cm³/mol. The number of rotatable bonds is 7. The van der Waals surface area contributed by atoms with Crippen LogP contribution >= 0.6 is 0 Å². The maximum Gasteiger partial charge on any atom is 0.115 e. The molecule has 1 N–H and O–H groups in total. The highest BCUT2D eigenvalue weighted by Gasteiger charge is 2.20. The molecule has 0 spiro atoms. The second-order valence-electron chi connectivity index (χ2n) is 6.26. The summed E-state index contributed by atoms with van der Waals surface area (Å²) in [5, 5.41) is 9.43. The Morgan fingerprint density at radius 3 is 1.79 bits per heavy atom. The molecule has 0 fully saturated rings. The fourth-order valence-electron chi connectivity index (χ4n) is 2.67. The zero-order valence-electron chi connectivity index (χ0n) is 13.1. The molecular weight excluding hydrogens is 234 g/mol. The molecule has 2 heteroatoms. The first-order valence-corrected chi connectivity index (χ1v) is 7.47. The molecule has 2 nitrogen and oxygen atoms in total. The molecule has 1 unspecified atom stereocenters. The Labute approximate surface area is 118 Å². The number of aromatic hydroxyl groups is 1. The van der Waals surface area contributed by atoms with Gasteiger partial charge in [0.15, 0.2) is 0 Å². The summed E-state index contributed by atoms with van der Waals surface area (Å²) < 4.78 is 0. The second-order valence-corrected chi connectivity index (χ2v) is 6.26. The summed E-state index contributed by atoms with van der Waals surface area (Å²) in [5.41, 5.74) is 1.31. The van der Waals surface area contributed by atoms with Crippen LogP contribution in [0.2, 0.25) is 0 Å². The molecule has 108 valence electrons. The van der Waals surface area contributed by atoms with Gasteiger partial charge in [0.2, 0.25) is 0 Å². The van der Waals surface area contributed by atoms with Crippen molar-refractivity contribution in [3.63, 3.8) is 0 Å². The molecule has 0 bridgehead atoms. The maximum absolute atomic E-state index is 9.43. The zero-order chi connectivity index (χ0) is 14.4. The van der Waals surface area contributed by atoms with Gasteiger partial charge >= 0.3 is 0 Å². The van der Waals surface area contributed by atoms with Gasteiger partial charge in [-0.3, -0.25) is 4.90 Å². The quantitative estimate of drug-likeness (QED) is 0.785. The van der Waals surface area contributed by atoms with Crippen molar-refractivity contribution in [3.8, 4) is 5.75 Å². The summed E-state index contributed by atoms with van der Waals surface area (Å²) in [5.74, 6) is 1.69. The van der Waals surface area contributed by atoms with Crippen LogP contribution in [-0.2, 0) is 0 Å². The van der Waals surface area contributed by atoms with Crippen molar-refractivity contribution in [2.24, 2.45) is 11.8 Å². The third-order valence-electron chi connectivity index (χ3n) is 3.30. The topological polar surface area (TPSA) is 23.5 Å². The molecule has 0 aliphatic carbocycles. The fraction of sp³-hybridized carbons (Fsp3) is 0.647. The van der Waals surface area contributed by atoms with Gasteiger partial charge in [0, 0.05) is 19.1 Å². The SMILES string of the molecule is CCC(c1ccc(O)cc1)N(CC(C)C)CC(C)C. The van der Waals surface area contributed by atoms with E-state index in [0.717, 1.165) is 19.5 Å². The number of phenolic OH excluding ortho intramolecular Hbond substituents is 1. The van der Waals surface area contributed by atoms with E-state index in [1.54, 1.807) is 12.1 Å². The van der Waals surface area contributed by atoms with Crippen LogP contribution in [0.15, 0.2) is 24.3 Å². The molecule has 1 atom stereocenters. The Morgan fingerprint density at radius 2 is 1.42 bits per heavy atom. The van der Waals surface area contributed by atoms with Crippen molar-refractivity contribution >= 4 is 0 Å². The van der Waals surface area contributed by atoms with E-state index < -0.39 is 0 Å². The lowest BCUT2D eigenvalue weighted by Crippen LogP contribution is -2.34. The fourth-order valence-corrected chi connectivity index (χ4v) is 2.67. The van der Waals surface area contributed by atoms with E-state index in [-0.39, 0.29) is 0 Å². The molecule has 0 heterocycles. The molecule has 1 aromatic carbocycles. The Balaban J connectivity index is 2.91. The van der Waals surface area contributed by atoms with Gasteiger partial charge in [0.1, 0.15) is 5.75 Å². The van der Waals surface area contributed by atoms with Crippen LogP contribution in [0.3, 0.4) is 0 Å². The average molecular weight is 263 g/mol. The van der Waals surface area contributed by atoms with Crippen LogP contribution < -0.4 is 0 Å². The minimum atomic E-state index is 0.345. The van der Waals surface area contributed by atoms with Gasteiger partial charge in [-0.2, -0.15) is 0 Å². The van der Waals surface area contributed by atoms with E-state index in [0.29, 0.717) is 23.6 Å². The van der Waals surface area contributed by atoms with Crippen molar-refractivity contribution in [2.75, 3.05) is 13.1 Å². The molecule has 0 amide bonds. The number of hydrogen-bond donors (Lipinski definition) is 1. The third kappa shape index (κ3) is 5.23. The Kier molecular flexibility index (Phi) is 6.36. The van der Waals surface area contributed by atoms with E-state index in [1.165, 1.54) is 5.56 Å². The summed E-state index contributed by atoms with van der Waals surface area (Å²) in [6, 6.07) is 8.14. The predicted octanol–water partition coefficient (Wildman–Crippen LogP) is 4.46. The van der Waals surface area contributed by atoms with E-state index in [1.807, 2.05) is 0 Å². The normalized spacial score (nSPS) is 13.5. The Bertz CT molecular complexity index is 346. The van der Waals surface area contributed by atoms with Gasteiger partial charge < -0.3 is 5.11 Å². The number of nitrogens with zero attached hydrogens (tertiary/aromatic N) is 1. The molecule has 19 heavy (non-hydrogen) atoms. The maximum atomic E-state index is 9.43. The largest absolute Gasteiger partial charge is 0.508 e. The highest BCUT2D eigenvalue weighted by atomic mass is 16.3. The van der Waals surface area contributed by atoms with Gasteiger partial charge in [-0.15, -0.1) is 0 Å². The molecule has 1 aromatic rings. The Hall–Kier alpha value is -1.02. The minimum absolute atomic E-state index is 0.345. The van der Waals surface area contributed by atoms with Crippen LogP contribution in [-0.4, -0.2) is 23.1 Å². The first-order chi connectivity index (χ1) is 8.93. The van der Waals surface area contributed by atoms with E-state index >= 15 is 0 Å².